The number of imide groups is 1. The second-order valence-electron chi connectivity index (χ2n) is 9.09. The van der Waals surface area contributed by atoms with Gasteiger partial charge in [-0.25, -0.2) is 4.79 Å². The highest BCUT2D eigenvalue weighted by Gasteiger charge is 2.41. The lowest BCUT2D eigenvalue weighted by Crippen LogP contribution is -2.55. The summed E-state index contributed by atoms with van der Waals surface area (Å²) in [5.74, 6) is -0.137. The summed E-state index contributed by atoms with van der Waals surface area (Å²) in [6, 6.07) is 7.21. The minimum Gasteiger partial charge on any atom is -0.462 e. The Hall–Kier alpha value is -2.19. The number of rotatable bonds is 11. The predicted octanol–water partition coefficient (Wildman–Crippen LogP) is 4.20. The predicted molar refractivity (Wildman–Crippen MR) is 131 cm³/mol. The van der Waals surface area contributed by atoms with Crippen LogP contribution in [0.5, 0.6) is 5.75 Å². The molecule has 8 heteroatoms. The molecule has 0 aromatic heterocycles. The number of alkyl halides is 1. The third-order valence-electron chi connectivity index (χ3n) is 6.30. The summed E-state index contributed by atoms with van der Waals surface area (Å²) in [4.78, 5) is 36.2. The van der Waals surface area contributed by atoms with Gasteiger partial charge in [0.1, 0.15) is 11.5 Å². The average Bonchev–Trinajstić information content (AvgIpc) is 2.76. The molecule has 0 saturated carbocycles. The van der Waals surface area contributed by atoms with Gasteiger partial charge in [-0.2, -0.15) is 0 Å². The molecule has 2 amide bonds. The largest absolute Gasteiger partial charge is 0.462 e. The third-order valence-corrected chi connectivity index (χ3v) is 6.85. The minimum atomic E-state index is -0.709. The zero-order chi connectivity index (χ0) is 24.6. The van der Waals surface area contributed by atoms with E-state index in [4.69, 9.17) is 15.2 Å². The molecule has 1 saturated heterocycles. The quantitative estimate of drug-likeness (QED) is 0.148. The molecule has 0 bridgehead atoms. The van der Waals surface area contributed by atoms with E-state index in [-0.39, 0.29) is 18.9 Å². The Kier molecular flexibility index (Phi) is 10.1. The molecule has 2 atom stereocenters. The fourth-order valence-electron chi connectivity index (χ4n) is 4.04. The number of ether oxygens (including phenoxy) is 2. The molecule has 1 aromatic carbocycles. The van der Waals surface area contributed by atoms with Gasteiger partial charge in [0.2, 0.25) is 11.8 Å². The van der Waals surface area contributed by atoms with Crippen LogP contribution in [0.1, 0.15) is 64.9 Å². The van der Waals surface area contributed by atoms with Crippen LogP contribution in [0.15, 0.2) is 36.1 Å². The number of allylic oxidation sites excluding steroid dienone is 1. The first-order valence-corrected chi connectivity index (χ1v) is 12.5. The van der Waals surface area contributed by atoms with Crippen molar-refractivity contribution in [2.45, 2.75) is 65.3 Å². The number of hydrogen-bond donors (Lipinski definition) is 2. The maximum atomic E-state index is 12.3. The maximum absolute atomic E-state index is 12.3. The van der Waals surface area contributed by atoms with Gasteiger partial charge in [0.05, 0.1) is 24.1 Å². The molecule has 0 aliphatic carbocycles. The Morgan fingerprint density at radius 2 is 1.97 bits per heavy atom. The van der Waals surface area contributed by atoms with Gasteiger partial charge in [-0.05, 0) is 54.7 Å². The van der Waals surface area contributed by atoms with Crippen LogP contribution in [0, 0.1) is 11.3 Å². The van der Waals surface area contributed by atoms with Crippen LogP contribution < -0.4 is 15.8 Å². The van der Waals surface area contributed by atoms with E-state index in [9.17, 15) is 14.4 Å². The van der Waals surface area contributed by atoms with Gasteiger partial charge in [-0.1, -0.05) is 55.8 Å². The topological polar surface area (TPSA) is 108 Å². The molecule has 0 spiro atoms. The number of amides is 2. The average molecular weight is 523 g/mol. The molecule has 1 fully saturated rings. The smallest absolute Gasteiger partial charge is 0.334 e. The van der Waals surface area contributed by atoms with Crippen LogP contribution >= 0.6 is 15.9 Å². The van der Waals surface area contributed by atoms with Gasteiger partial charge in [-0.3, -0.25) is 14.9 Å². The van der Waals surface area contributed by atoms with Crippen molar-refractivity contribution in [1.29, 1.82) is 0 Å². The van der Waals surface area contributed by atoms with Crippen LogP contribution in [-0.2, 0) is 19.1 Å². The zero-order valence-corrected chi connectivity index (χ0v) is 21.4. The molecule has 7 nitrogen and oxygen atoms in total. The summed E-state index contributed by atoms with van der Waals surface area (Å²) in [7, 11) is 0. The van der Waals surface area contributed by atoms with Crippen molar-refractivity contribution < 1.29 is 23.9 Å². The normalized spacial score (nSPS) is 19.4. The number of nitrogens with two attached hydrogens (primary N) is 1. The number of benzene rings is 1. The molecule has 0 radical (unpaired) electrons. The Balaban J connectivity index is 1.94. The van der Waals surface area contributed by atoms with Crippen LogP contribution in [0.25, 0.3) is 0 Å². The van der Waals surface area contributed by atoms with Gasteiger partial charge in [0.15, 0.2) is 0 Å². The Bertz CT molecular complexity index is 879. The molecule has 1 aliphatic heterocycles. The van der Waals surface area contributed by atoms with Crippen molar-refractivity contribution in [3.8, 4) is 5.75 Å². The second-order valence-corrected chi connectivity index (χ2v) is 9.65. The summed E-state index contributed by atoms with van der Waals surface area (Å²) in [6.45, 7) is 8.27. The van der Waals surface area contributed by atoms with Crippen molar-refractivity contribution in [2.24, 2.45) is 17.1 Å². The molecular weight excluding hydrogens is 488 g/mol. The molecule has 2 rings (SSSR count). The van der Waals surface area contributed by atoms with E-state index >= 15 is 0 Å². The second kappa shape index (κ2) is 12.3. The van der Waals surface area contributed by atoms with Gasteiger partial charge in [-0.15, -0.1) is 0 Å². The highest BCUT2D eigenvalue weighted by Crippen LogP contribution is 2.35. The number of esters is 1. The molecule has 33 heavy (non-hydrogen) atoms. The van der Waals surface area contributed by atoms with Gasteiger partial charge in [0.25, 0.3) is 0 Å². The molecule has 182 valence electrons. The van der Waals surface area contributed by atoms with Gasteiger partial charge < -0.3 is 15.2 Å². The van der Waals surface area contributed by atoms with E-state index in [1.54, 1.807) is 0 Å². The first-order valence-electron chi connectivity index (χ1n) is 11.4. The number of carbonyl (C=O) groups is 3. The van der Waals surface area contributed by atoms with Crippen molar-refractivity contribution in [1.82, 2.24) is 5.32 Å². The maximum Gasteiger partial charge on any atom is 0.334 e. The molecule has 1 heterocycles. The fourth-order valence-corrected chi connectivity index (χ4v) is 4.32. The Labute approximate surface area is 204 Å². The molecule has 1 aromatic rings. The van der Waals surface area contributed by atoms with Gasteiger partial charge in [0, 0.05) is 5.92 Å². The number of nitrogens with one attached hydrogen (secondary N) is 1. The van der Waals surface area contributed by atoms with Crippen LogP contribution in [-0.4, -0.2) is 35.8 Å². The number of halogens is 1. The van der Waals surface area contributed by atoms with Crippen LogP contribution in [0.4, 0.5) is 0 Å². The lowest BCUT2D eigenvalue weighted by Gasteiger charge is -2.37. The molecule has 1 aliphatic rings. The number of hydrogen-bond acceptors (Lipinski definition) is 6. The highest BCUT2D eigenvalue weighted by atomic mass is 79.9. The molecule has 3 N–H and O–H groups in total. The zero-order valence-electron chi connectivity index (χ0n) is 19.9. The van der Waals surface area contributed by atoms with Crippen molar-refractivity contribution >= 4 is 33.7 Å². The van der Waals surface area contributed by atoms with Crippen LogP contribution in [0.2, 0.25) is 0 Å². The highest BCUT2D eigenvalue weighted by molar-refractivity contribution is 9.09. The van der Waals surface area contributed by atoms with Crippen molar-refractivity contribution in [3.63, 3.8) is 0 Å². The number of piperidine rings is 1. The van der Waals surface area contributed by atoms with Crippen molar-refractivity contribution in [3.05, 3.63) is 41.7 Å². The Morgan fingerprint density at radius 3 is 2.61 bits per heavy atom. The molecular formula is C25H35BrN2O5. The van der Waals surface area contributed by atoms with Crippen LogP contribution in [0.3, 0.4) is 0 Å². The van der Waals surface area contributed by atoms with E-state index in [0.717, 1.165) is 12.8 Å². The third kappa shape index (κ3) is 7.67. The minimum absolute atomic E-state index is 0.134. The summed E-state index contributed by atoms with van der Waals surface area (Å²) in [6.07, 6.45) is 4.16. The standard InChI is InChI=1S/C25H35BrN2O5/c1-5-16(6-2)17-8-7-9-18(12-17)33-19(15-26)13-22(29)32-11-10-25(3,4)20-14-21(27)24(31)28-23(20)30/h7-9,12-13,16,20-21H,5-6,10-11,14-15,27H2,1-4H3,(H,28,30,31)/b19-13+. The monoisotopic (exact) mass is 522 g/mol. The van der Waals surface area contributed by atoms with E-state index in [0.29, 0.717) is 29.2 Å². The van der Waals surface area contributed by atoms with Crippen molar-refractivity contribution in [2.75, 3.05) is 11.9 Å². The Morgan fingerprint density at radius 1 is 1.27 bits per heavy atom. The first-order chi connectivity index (χ1) is 15.6. The fraction of sp³-hybridized carbons (Fsp3) is 0.560. The lowest BCUT2D eigenvalue weighted by molar-refractivity contribution is -0.141. The SMILES string of the molecule is CCC(CC)c1cccc(O/C(=C/C(=O)OCCC(C)(C)C2CC(N)C(=O)NC2=O)CBr)c1. The van der Waals surface area contributed by atoms with E-state index in [1.165, 1.54) is 11.6 Å². The van der Waals surface area contributed by atoms with E-state index < -0.39 is 29.3 Å². The number of carbonyl (C=O) groups excluding carboxylic acids is 3. The lowest BCUT2D eigenvalue weighted by atomic mass is 9.71. The first kappa shape index (κ1) is 27.1. The summed E-state index contributed by atoms with van der Waals surface area (Å²) in [5, 5.41) is 2.68. The summed E-state index contributed by atoms with van der Waals surface area (Å²) >= 11 is 3.36. The van der Waals surface area contributed by atoms with E-state index in [1.807, 2.05) is 32.0 Å². The summed E-state index contributed by atoms with van der Waals surface area (Å²) in [5.41, 5.74) is 6.53. The molecule has 2 unspecified atom stereocenters. The summed E-state index contributed by atoms with van der Waals surface area (Å²) < 4.78 is 11.3. The van der Waals surface area contributed by atoms with E-state index in [2.05, 4.69) is 41.2 Å². The van der Waals surface area contributed by atoms with Gasteiger partial charge >= 0.3 is 5.97 Å².